The molecule has 6 heteroatoms. The van der Waals surface area contributed by atoms with E-state index in [0.29, 0.717) is 17.8 Å². The maximum Gasteiger partial charge on any atom is 0.276 e. The zero-order chi connectivity index (χ0) is 15.8. The Bertz CT molecular complexity index is 499. The molecule has 2 amide bonds. The summed E-state index contributed by atoms with van der Waals surface area (Å²) in [6.07, 6.45) is 4.01. The van der Waals surface area contributed by atoms with Gasteiger partial charge in [0.25, 0.3) is 5.91 Å². The first kappa shape index (κ1) is 17.1. The predicted octanol–water partition coefficient (Wildman–Crippen LogP) is 2.31. The number of hydrogen-bond acceptors (Lipinski definition) is 4. The molecule has 2 N–H and O–H groups in total. The minimum Gasteiger partial charge on any atom is -0.310 e. The number of anilines is 1. The topological polar surface area (TPSA) is 80.3 Å². The molecule has 21 heavy (non-hydrogen) atoms. The number of aryl methyl sites for hydroxylation is 1. The molecule has 1 aromatic rings. The average molecular weight is 293 g/mol. The number of carbonyl (C=O) groups excluding carboxylic acids is 2. The molecule has 0 bridgehead atoms. The molecule has 116 valence electrons. The second kappa shape index (κ2) is 8.36. The number of nitrogens with one attached hydrogen (secondary N) is 2. The molecule has 0 saturated heterocycles. The van der Waals surface area contributed by atoms with Crippen molar-refractivity contribution >= 4 is 17.6 Å². The van der Waals surface area contributed by atoms with Crippen LogP contribution in [-0.2, 0) is 16.1 Å². The van der Waals surface area contributed by atoms with Gasteiger partial charge in [-0.3, -0.25) is 14.4 Å². The summed E-state index contributed by atoms with van der Waals surface area (Å²) in [5.41, 5.74) is 3.53. The maximum absolute atomic E-state index is 11.7. The second-order valence-electron chi connectivity index (χ2n) is 4.48. The number of carbonyl (C=O) groups is 2. The first-order valence-corrected chi connectivity index (χ1v) is 7.28. The molecule has 1 heterocycles. The van der Waals surface area contributed by atoms with E-state index in [9.17, 15) is 9.59 Å². The van der Waals surface area contributed by atoms with Gasteiger partial charge in [-0.1, -0.05) is 20.8 Å². The zero-order valence-corrected chi connectivity index (χ0v) is 13.0. The Kier molecular flexibility index (Phi) is 6.81. The minimum atomic E-state index is -0.341. The summed E-state index contributed by atoms with van der Waals surface area (Å²) in [5.74, 6) is 0.279. The zero-order valence-electron chi connectivity index (χ0n) is 13.0. The fourth-order valence-corrected chi connectivity index (χ4v) is 1.78. The minimum absolute atomic E-state index is 0.00338. The average Bonchev–Trinajstić information content (AvgIpc) is 3.34. The van der Waals surface area contributed by atoms with Crippen LogP contribution in [0.15, 0.2) is 12.3 Å². The molecule has 0 unspecified atom stereocenters. The molecule has 1 fully saturated rings. The Balaban J connectivity index is 0.00000106. The lowest BCUT2D eigenvalue weighted by molar-refractivity contribution is -0.117. The van der Waals surface area contributed by atoms with E-state index in [-0.39, 0.29) is 17.7 Å². The quantitative estimate of drug-likeness (QED) is 0.816. The van der Waals surface area contributed by atoms with Gasteiger partial charge in [0.1, 0.15) is 5.82 Å². The lowest BCUT2D eigenvalue weighted by Crippen LogP contribution is -2.23. The van der Waals surface area contributed by atoms with Crippen molar-refractivity contribution in [2.24, 2.45) is 5.92 Å². The summed E-state index contributed by atoms with van der Waals surface area (Å²) in [5, 5.41) is 2.76. The Morgan fingerprint density at radius 2 is 2.05 bits per heavy atom. The van der Waals surface area contributed by atoms with Crippen molar-refractivity contribution < 1.29 is 14.4 Å². The summed E-state index contributed by atoms with van der Waals surface area (Å²) in [7, 11) is 1.38. The van der Waals surface area contributed by atoms with Gasteiger partial charge in [-0.25, -0.2) is 10.5 Å². The molecule has 1 aliphatic rings. The van der Waals surface area contributed by atoms with Crippen LogP contribution in [0.4, 0.5) is 5.82 Å². The first-order valence-electron chi connectivity index (χ1n) is 7.28. The summed E-state index contributed by atoms with van der Waals surface area (Å²) in [6.45, 7) is 5.94. The molecule has 0 radical (unpaired) electrons. The molecule has 0 spiro atoms. The van der Waals surface area contributed by atoms with Gasteiger partial charge >= 0.3 is 0 Å². The smallest absolute Gasteiger partial charge is 0.276 e. The Labute approximate surface area is 125 Å². The molecule has 1 aromatic heterocycles. The van der Waals surface area contributed by atoms with E-state index in [0.717, 1.165) is 18.4 Å². The van der Waals surface area contributed by atoms with E-state index < -0.39 is 0 Å². The molecule has 1 saturated carbocycles. The first-order chi connectivity index (χ1) is 10.2. The summed E-state index contributed by atoms with van der Waals surface area (Å²) in [4.78, 5) is 32.0. The predicted molar refractivity (Wildman–Crippen MR) is 80.8 cm³/mol. The van der Waals surface area contributed by atoms with Gasteiger partial charge in [-0.15, -0.1) is 0 Å². The monoisotopic (exact) mass is 293 g/mol. The molecule has 1 aliphatic carbocycles. The van der Waals surface area contributed by atoms with Crippen molar-refractivity contribution in [1.82, 2.24) is 10.5 Å². The van der Waals surface area contributed by atoms with Crippen LogP contribution in [0.3, 0.4) is 0 Å². The molecule has 6 nitrogen and oxygen atoms in total. The molecule has 2 rings (SSSR count). The van der Waals surface area contributed by atoms with Crippen LogP contribution in [0, 0.1) is 5.92 Å². The van der Waals surface area contributed by atoms with Crippen LogP contribution >= 0.6 is 0 Å². The van der Waals surface area contributed by atoms with Crippen molar-refractivity contribution in [3.63, 3.8) is 0 Å². The van der Waals surface area contributed by atoms with Crippen LogP contribution in [0.2, 0.25) is 0 Å². The summed E-state index contributed by atoms with van der Waals surface area (Å²) >= 11 is 0. The van der Waals surface area contributed by atoms with Crippen LogP contribution in [0.25, 0.3) is 0 Å². The van der Waals surface area contributed by atoms with E-state index in [4.69, 9.17) is 0 Å². The number of pyridine rings is 1. The molecular weight excluding hydrogens is 270 g/mol. The Morgan fingerprint density at radius 3 is 2.57 bits per heavy atom. The third-order valence-corrected chi connectivity index (χ3v) is 3.01. The van der Waals surface area contributed by atoms with Gasteiger partial charge in [-0.05, 0) is 30.9 Å². The summed E-state index contributed by atoms with van der Waals surface area (Å²) < 4.78 is 0. The van der Waals surface area contributed by atoms with Crippen LogP contribution in [0.5, 0.6) is 0 Å². The standard InChI is InChI=1S/C13H17N3O3.C2H6/c1-3-8-6-11(15-12(17)9-4-5-9)14-7-10(8)13(18)16-19-2;1-2/h6-7,9H,3-5H2,1-2H3,(H,16,18)(H,14,15,17);1-2H3. The van der Waals surface area contributed by atoms with Gasteiger partial charge in [0.05, 0.1) is 12.7 Å². The Morgan fingerprint density at radius 1 is 1.38 bits per heavy atom. The largest absolute Gasteiger partial charge is 0.310 e. The highest BCUT2D eigenvalue weighted by atomic mass is 16.6. The highest BCUT2D eigenvalue weighted by Gasteiger charge is 2.29. The third-order valence-electron chi connectivity index (χ3n) is 3.01. The molecular formula is C15H23N3O3. The van der Waals surface area contributed by atoms with E-state index in [2.05, 4.69) is 20.6 Å². The van der Waals surface area contributed by atoms with Crippen molar-refractivity contribution in [2.75, 3.05) is 12.4 Å². The van der Waals surface area contributed by atoms with Gasteiger partial charge in [0.15, 0.2) is 0 Å². The lowest BCUT2D eigenvalue weighted by atomic mass is 10.1. The highest BCUT2D eigenvalue weighted by molar-refractivity contribution is 5.96. The third kappa shape index (κ3) is 4.82. The van der Waals surface area contributed by atoms with E-state index >= 15 is 0 Å². The SMILES string of the molecule is CC.CCc1cc(NC(=O)C2CC2)ncc1C(=O)NOC. The van der Waals surface area contributed by atoms with Crippen molar-refractivity contribution in [1.29, 1.82) is 0 Å². The number of rotatable bonds is 5. The van der Waals surface area contributed by atoms with Gasteiger partial charge in [0, 0.05) is 12.1 Å². The van der Waals surface area contributed by atoms with E-state index in [1.165, 1.54) is 13.3 Å². The molecule has 0 aromatic carbocycles. The maximum atomic E-state index is 11.7. The normalized spacial score (nSPS) is 13.0. The fraction of sp³-hybridized carbons (Fsp3) is 0.533. The highest BCUT2D eigenvalue weighted by Crippen LogP contribution is 2.30. The number of hydroxylamine groups is 1. The van der Waals surface area contributed by atoms with Crippen LogP contribution < -0.4 is 10.8 Å². The van der Waals surface area contributed by atoms with E-state index in [1.54, 1.807) is 6.07 Å². The van der Waals surface area contributed by atoms with Crippen molar-refractivity contribution in [3.8, 4) is 0 Å². The van der Waals surface area contributed by atoms with Crippen molar-refractivity contribution in [2.45, 2.75) is 40.0 Å². The van der Waals surface area contributed by atoms with Gasteiger partial charge in [-0.2, -0.15) is 0 Å². The van der Waals surface area contributed by atoms with Gasteiger partial charge in [0.2, 0.25) is 5.91 Å². The Hall–Kier alpha value is -1.95. The lowest BCUT2D eigenvalue weighted by Gasteiger charge is -2.10. The molecule has 0 aliphatic heterocycles. The van der Waals surface area contributed by atoms with E-state index in [1.807, 2.05) is 20.8 Å². The number of aromatic nitrogens is 1. The fourth-order valence-electron chi connectivity index (χ4n) is 1.78. The number of amides is 2. The number of nitrogens with zero attached hydrogens (tertiary/aromatic N) is 1. The van der Waals surface area contributed by atoms with Crippen LogP contribution in [-0.4, -0.2) is 23.9 Å². The summed E-state index contributed by atoms with van der Waals surface area (Å²) in [6, 6.07) is 1.73. The van der Waals surface area contributed by atoms with Gasteiger partial charge < -0.3 is 5.32 Å². The second-order valence-corrected chi connectivity index (χ2v) is 4.48. The van der Waals surface area contributed by atoms with Crippen LogP contribution in [0.1, 0.15) is 49.5 Å². The number of hydrogen-bond donors (Lipinski definition) is 2. The molecule has 0 atom stereocenters. The van der Waals surface area contributed by atoms with Crippen molar-refractivity contribution in [3.05, 3.63) is 23.4 Å².